The van der Waals surface area contributed by atoms with E-state index in [1.807, 2.05) is 18.8 Å². The summed E-state index contributed by atoms with van der Waals surface area (Å²) in [7, 11) is 1.83. The molecule has 7 heteroatoms. The second-order valence-corrected chi connectivity index (χ2v) is 7.72. The standard InChI is InChI=1S/C13H20BrN3S2.HI/c1-15-13(16-7-12-5-9(14)8-19-12)17-10-3-4-11(6-10)18-2;/h5,8,10-11H,3-4,6-7H2,1-2H3,(H2,15,16,17);1H. The predicted octanol–water partition coefficient (Wildman–Crippen LogP) is 4.08. The molecule has 20 heavy (non-hydrogen) atoms. The molecule has 114 valence electrons. The van der Waals surface area contributed by atoms with Crippen LogP contribution in [0.1, 0.15) is 24.1 Å². The first kappa shape index (κ1) is 18.6. The van der Waals surface area contributed by atoms with Crippen molar-refractivity contribution in [2.24, 2.45) is 4.99 Å². The number of rotatable bonds is 4. The number of halogens is 2. The lowest BCUT2D eigenvalue weighted by Crippen LogP contribution is -2.42. The number of thiophene rings is 1. The molecular formula is C13H21BrIN3S2. The van der Waals surface area contributed by atoms with Gasteiger partial charge in [0.05, 0.1) is 6.54 Å². The Balaban J connectivity index is 0.00000200. The van der Waals surface area contributed by atoms with Gasteiger partial charge in [-0.05, 0) is 47.5 Å². The zero-order valence-electron chi connectivity index (χ0n) is 11.7. The molecule has 0 amide bonds. The Hall–Kier alpha value is 0.530. The first-order valence-corrected chi connectivity index (χ1v) is 9.40. The van der Waals surface area contributed by atoms with Gasteiger partial charge in [0.1, 0.15) is 0 Å². The Kier molecular flexibility index (Phi) is 8.85. The zero-order valence-corrected chi connectivity index (χ0v) is 17.2. The van der Waals surface area contributed by atoms with Crippen LogP contribution in [-0.2, 0) is 6.54 Å². The minimum Gasteiger partial charge on any atom is -0.354 e. The van der Waals surface area contributed by atoms with Gasteiger partial charge in [0.25, 0.3) is 0 Å². The summed E-state index contributed by atoms with van der Waals surface area (Å²) in [4.78, 5) is 5.61. The van der Waals surface area contributed by atoms with Gasteiger partial charge >= 0.3 is 0 Å². The van der Waals surface area contributed by atoms with Gasteiger partial charge in [-0.2, -0.15) is 11.8 Å². The van der Waals surface area contributed by atoms with Crippen molar-refractivity contribution < 1.29 is 0 Å². The molecule has 1 saturated carbocycles. The van der Waals surface area contributed by atoms with Crippen molar-refractivity contribution in [3.63, 3.8) is 0 Å². The summed E-state index contributed by atoms with van der Waals surface area (Å²) in [5.41, 5.74) is 0. The molecular weight excluding hydrogens is 469 g/mol. The minimum atomic E-state index is 0. The molecule has 2 unspecified atom stereocenters. The molecule has 2 rings (SSSR count). The van der Waals surface area contributed by atoms with E-state index in [2.05, 4.69) is 49.3 Å². The highest BCUT2D eigenvalue weighted by molar-refractivity contribution is 14.0. The molecule has 0 bridgehead atoms. The summed E-state index contributed by atoms with van der Waals surface area (Å²) in [6.45, 7) is 0.828. The number of aliphatic imine (C=N–C) groups is 1. The monoisotopic (exact) mass is 489 g/mol. The summed E-state index contributed by atoms with van der Waals surface area (Å²) in [6, 6.07) is 2.71. The highest BCUT2D eigenvalue weighted by atomic mass is 127. The highest BCUT2D eigenvalue weighted by Gasteiger charge is 2.24. The van der Waals surface area contributed by atoms with Crippen LogP contribution in [0.2, 0.25) is 0 Å². The van der Waals surface area contributed by atoms with Crippen LogP contribution in [0.5, 0.6) is 0 Å². The SMILES string of the molecule is CN=C(NCc1cc(Br)cs1)NC1CCC(SC)C1.I. The van der Waals surface area contributed by atoms with Gasteiger partial charge in [0.2, 0.25) is 0 Å². The van der Waals surface area contributed by atoms with E-state index >= 15 is 0 Å². The Morgan fingerprint density at radius 1 is 1.55 bits per heavy atom. The number of thioether (sulfide) groups is 1. The van der Waals surface area contributed by atoms with Gasteiger partial charge in [-0.15, -0.1) is 35.3 Å². The lowest BCUT2D eigenvalue weighted by molar-refractivity contribution is 0.615. The number of nitrogens with one attached hydrogen (secondary N) is 2. The molecule has 0 radical (unpaired) electrons. The van der Waals surface area contributed by atoms with Crippen molar-refractivity contribution in [1.29, 1.82) is 0 Å². The summed E-state index contributed by atoms with van der Waals surface area (Å²) in [6.07, 6.45) is 6.01. The van der Waals surface area contributed by atoms with E-state index in [0.29, 0.717) is 6.04 Å². The first-order valence-electron chi connectivity index (χ1n) is 6.44. The van der Waals surface area contributed by atoms with Crippen molar-refractivity contribution in [3.8, 4) is 0 Å². The average Bonchev–Trinajstić information content (AvgIpc) is 3.03. The summed E-state index contributed by atoms with van der Waals surface area (Å²) >= 11 is 7.21. The normalized spacial score (nSPS) is 22.4. The van der Waals surface area contributed by atoms with Crippen molar-refractivity contribution in [2.75, 3.05) is 13.3 Å². The summed E-state index contributed by atoms with van der Waals surface area (Å²) in [5.74, 6) is 0.913. The Bertz CT molecular complexity index is 439. The molecule has 1 aliphatic carbocycles. The maximum absolute atomic E-state index is 4.30. The van der Waals surface area contributed by atoms with Crippen LogP contribution in [0.3, 0.4) is 0 Å². The number of nitrogens with zero attached hydrogens (tertiary/aromatic N) is 1. The molecule has 3 nitrogen and oxygen atoms in total. The van der Waals surface area contributed by atoms with Crippen LogP contribution < -0.4 is 10.6 Å². The van der Waals surface area contributed by atoms with Crippen molar-refractivity contribution in [2.45, 2.75) is 37.1 Å². The molecule has 2 N–H and O–H groups in total. The average molecular weight is 490 g/mol. The van der Waals surface area contributed by atoms with Crippen LogP contribution in [-0.4, -0.2) is 30.6 Å². The number of hydrogen-bond acceptors (Lipinski definition) is 3. The minimum absolute atomic E-state index is 0. The van der Waals surface area contributed by atoms with E-state index in [9.17, 15) is 0 Å². The van der Waals surface area contributed by atoms with Crippen LogP contribution in [0.25, 0.3) is 0 Å². The van der Waals surface area contributed by atoms with E-state index in [1.165, 1.54) is 24.1 Å². The lowest BCUT2D eigenvalue weighted by Gasteiger charge is -2.17. The van der Waals surface area contributed by atoms with E-state index < -0.39 is 0 Å². The van der Waals surface area contributed by atoms with Crippen molar-refractivity contribution in [1.82, 2.24) is 10.6 Å². The Morgan fingerprint density at radius 2 is 2.35 bits per heavy atom. The van der Waals surface area contributed by atoms with Gasteiger partial charge in [-0.1, -0.05) is 0 Å². The van der Waals surface area contributed by atoms with Crippen LogP contribution >= 0.6 is 63.0 Å². The fraction of sp³-hybridized carbons (Fsp3) is 0.615. The van der Waals surface area contributed by atoms with Crippen molar-refractivity contribution in [3.05, 3.63) is 20.8 Å². The summed E-state index contributed by atoms with van der Waals surface area (Å²) < 4.78 is 1.15. The molecule has 1 aliphatic rings. The number of guanidine groups is 1. The van der Waals surface area contributed by atoms with Crippen LogP contribution in [0.15, 0.2) is 20.9 Å². The fourth-order valence-corrected chi connectivity index (χ4v) is 4.48. The Morgan fingerprint density at radius 3 is 2.90 bits per heavy atom. The molecule has 0 saturated heterocycles. The maximum atomic E-state index is 4.30. The van der Waals surface area contributed by atoms with E-state index in [0.717, 1.165) is 22.2 Å². The van der Waals surface area contributed by atoms with Gasteiger partial charge < -0.3 is 10.6 Å². The smallest absolute Gasteiger partial charge is 0.191 e. The van der Waals surface area contributed by atoms with E-state index in [4.69, 9.17) is 0 Å². The van der Waals surface area contributed by atoms with Gasteiger partial charge in [-0.3, -0.25) is 4.99 Å². The third-order valence-corrected chi connectivity index (χ3v) is 6.13. The second-order valence-electron chi connectivity index (χ2n) is 4.67. The van der Waals surface area contributed by atoms with Gasteiger partial charge in [-0.25, -0.2) is 0 Å². The van der Waals surface area contributed by atoms with E-state index in [-0.39, 0.29) is 24.0 Å². The largest absolute Gasteiger partial charge is 0.354 e. The molecule has 2 atom stereocenters. The first-order chi connectivity index (χ1) is 9.21. The second kappa shape index (κ2) is 9.53. The molecule has 1 aromatic heterocycles. The van der Waals surface area contributed by atoms with Crippen molar-refractivity contribution >= 4 is 69.0 Å². The quantitative estimate of drug-likeness (QED) is 0.380. The third-order valence-electron chi connectivity index (χ3n) is 3.33. The highest BCUT2D eigenvalue weighted by Crippen LogP contribution is 2.28. The lowest BCUT2D eigenvalue weighted by atomic mass is 10.2. The molecule has 1 aromatic rings. The maximum Gasteiger partial charge on any atom is 0.191 e. The number of hydrogen-bond donors (Lipinski definition) is 2. The molecule has 0 spiro atoms. The molecule has 1 heterocycles. The molecule has 0 aliphatic heterocycles. The van der Waals surface area contributed by atoms with Gasteiger partial charge in [0.15, 0.2) is 5.96 Å². The van der Waals surface area contributed by atoms with Crippen LogP contribution in [0.4, 0.5) is 0 Å². The topological polar surface area (TPSA) is 36.4 Å². The third kappa shape index (κ3) is 5.73. The summed E-state index contributed by atoms with van der Waals surface area (Å²) in [5, 5.41) is 9.82. The van der Waals surface area contributed by atoms with Crippen LogP contribution in [0, 0.1) is 0 Å². The molecule has 1 fully saturated rings. The predicted molar refractivity (Wildman–Crippen MR) is 106 cm³/mol. The van der Waals surface area contributed by atoms with Gasteiger partial charge in [0, 0.05) is 33.1 Å². The molecule has 0 aromatic carbocycles. The Labute approximate surface area is 154 Å². The zero-order chi connectivity index (χ0) is 13.7. The fourth-order valence-electron chi connectivity index (χ4n) is 2.29. The van der Waals surface area contributed by atoms with E-state index in [1.54, 1.807) is 11.3 Å².